The Morgan fingerprint density at radius 3 is 2.95 bits per heavy atom. The number of halogens is 1. The van der Waals surface area contributed by atoms with Gasteiger partial charge in [0, 0.05) is 6.42 Å². The predicted octanol–water partition coefficient (Wildman–Crippen LogP) is 3.98. The minimum Gasteiger partial charge on any atom is -0.397 e. The first-order chi connectivity index (χ1) is 9.65. The van der Waals surface area contributed by atoms with E-state index in [1.54, 1.807) is 23.1 Å². The minimum absolute atomic E-state index is 0.102. The summed E-state index contributed by atoms with van der Waals surface area (Å²) in [5, 5.41) is 4.73. The molecule has 1 heterocycles. The largest absolute Gasteiger partial charge is 0.397 e. The van der Waals surface area contributed by atoms with Crippen molar-refractivity contribution < 1.29 is 9.18 Å². The average Bonchev–Trinajstić information content (AvgIpc) is 2.91. The standard InChI is InChI=1S/C14H15FN2OS2/c15-10-5-6-12(11(16)9-10)17-13(18)3-1-7-19-14-4-2-8-20-14/h2,4-6,8-9H,1,3,7,16H2,(H,17,18). The second-order valence-electron chi connectivity index (χ2n) is 4.16. The van der Waals surface area contributed by atoms with Crippen molar-refractivity contribution in [1.82, 2.24) is 0 Å². The lowest BCUT2D eigenvalue weighted by Gasteiger charge is -2.07. The molecule has 0 aliphatic heterocycles. The van der Waals surface area contributed by atoms with Crippen LogP contribution in [-0.4, -0.2) is 11.7 Å². The van der Waals surface area contributed by atoms with Gasteiger partial charge in [0.25, 0.3) is 0 Å². The fourth-order valence-electron chi connectivity index (χ4n) is 1.61. The summed E-state index contributed by atoms with van der Waals surface area (Å²) in [5.74, 6) is 0.384. The van der Waals surface area contributed by atoms with Gasteiger partial charge in [-0.1, -0.05) is 6.07 Å². The third kappa shape index (κ3) is 4.54. The molecule has 20 heavy (non-hydrogen) atoms. The van der Waals surface area contributed by atoms with Crippen LogP contribution >= 0.6 is 23.1 Å². The number of nitrogens with one attached hydrogen (secondary N) is 1. The van der Waals surface area contributed by atoms with Gasteiger partial charge in [-0.2, -0.15) is 0 Å². The number of anilines is 2. The lowest BCUT2D eigenvalue weighted by Crippen LogP contribution is -2.12. The first kappa shape index (κ1) is 14.9. The van der Waals surface area contributed by atoms with Crippen LogP contribution in [0.3, 0.4) is 0 Å². The van der Waals surface area contributed by atoms with Crippen molar-refractivity contribution in [3.05, 3.63) is 41.5 Å². The van der Waals surface area contributed by atoms with E-state index in [0.717, 1.165) is 12.2 Å². The summed E-state index contributed by atoms with van der Waals surface area (Å²) in [6.07, 6.45) is 1.21. The van der Waals surface area contributed by atoms with Crippen molar-refractivity contribution in [2.75, 3.05) is 16.8 Å². The second kappa shape index (κ2) is 7.31. The molecule has 0 saturated heterocycles. The molecule has 2 rings (SSSR count). The Morgan fingerprint density at radius 2 is 2.25 bits per heavy atom. The molecule has 0 unspecified atom stereocenters. The lowest BCUT2D eigenvalue weighted by molar-refractivity contribution is -0.116. The Kier molecular flexibility index (Phi) is 5.43. The molecule has 0 bridgehead atoms. The van der Waals surface area contributed by atoms with Gasteiger partial charge in [0.1, 0.15) is 5.82 Å². The van der Waals surface area contributed by atoms with Gasteiger partial charge < -0.3 is 11.1 Å². The number of carbonyl (C=O) groups is 1. The number of thioether (sulfide) groups is 1. The third-order valence-corrected chi connectivity index (χ3v) is 4.79. The van der Waals surface area contributed by atoms with E-state index in [9.17, 15) is 9.18 Å². The van der Waals surface area contributed by atoms with Gasteiger partial charge in [-0.15, -0.1) is 23.1 Å². The number of nitrogens with two attached hydrogens (primary N) is 1. The van der Waals surface area contributed by atoms with Gasteiger partial charge in [-0.25, -0.2) is 4.39 Å². The zero-order chi connectivity index (χ0) is 14.4. The molecule has 3 N–H and O–H groups in total. The smallest absolute Gasteiger partial charge is 0.224 e. The van der Waals surface area contributed by atoms with Crippen LogP contribution in [0.4, 0.5) is 15.8 Å². The van der Waals surface area contributed by atoms with Crippen molar-refractivity contribution in [1.29, 1.82) is 0 Å². The maximum absolute atomic E-state index is 12.9. The molecule has 0 saturated carbocycles. The van der Waals surface area contributed by atoms with E-state index in [1.165, 1.54) is 22.4 Å². The summed E-state index contributed by atoms with van der Waals surface area (Å²) in [6.45, 7) is 0. The normalized spacial score (nSPS) is 10.4. The van der Waals surface area contributed by atoms with E-state index in [-0.39, 0.29) is 11.6 Å². The van der Waals surface area contributed by atoms with Crippen molar-refractivity contribution in [2.45, 2.75) is 17.1 Å². The lowest BCUT2D eigenvalue weighted by atomic mass is 10.2. The van der Waals surface area contributed by atoms with E-state index < -0.39 is 5.82 Å². The molecule has 1 amide bonds. The Balaban J connectivity index is 1.72. The summed E-state index contributed by atoms with van der Waals surface area (Å²) >= 11 is 3.44. The van der Waals surface area contributed by atoms with Crippen LogP contribution in [0.5, 0.6) is 0 Å². The molecule has 6 heteroatoms. The summed E-state index contributed by atoms with van der Waals surface area (Å²) in [5.41, 5.74) is 6.33. The fourth-order valence-corrected chi connectivity index (χ4v) is 3.41. The number of hydrogen-bond donors (Lipinski definition) is 2. The highest BCUT2D eigenvalue weighted by molar-refractivity contribution is 8.01. The zero-order valence-corrected chi connectivity index (χ0v) is 12.4. The van der Waals surface area contributed by atoms with Gasteiger partial charge in [0.05, 0.1) is 15.6 Å². The third-order valence-electron chi connectivity index (χ3n) is 2.58. The Labute approximate surface area is 125 Å². The molecule has 1 aromatic carbocycles. The van der Waals surface area contributed by atoms with Crippen LogP contribution in [0.15, 0.2) is 39.9 Å². The molecule has 1 aromatic heterocycles. The van der Waals surface area contributed by atoms with E-state index in [1.807, 2.05) is 11.4 Å². The van der Waals surface area contributed by atoms with Crippen LogP contribution in [0, 0.1) is 5.82 Å². The molecular weight excluding hydrogens is 295 g/mol. The molecule has 0 aliphatic rings. The Morgan fingerprint density at radius 1 is 1.40 bits per heavy atom. The molecule has 106 valence electrons. The first-order valence-corrected chi connectivity index (χ1v) is 8.03. The van der Waals surface area contributed by atoms with Crippen LogP contribution in [0.25, 0.3) is 0 Å². The van der Waals surface area contributed by atoms with E-state index in [2.05, 4.69) is 11.4 Å². The van der Waals surface area contributed by atoms with E-state index in [4.69, 9.17) is 5.73 Å². The molecule has 0 fully saturated rings. The van der Waals surface area contributed by atoms with Crippen LogP contribution in [-0.2, 0) is 4.79 Å². The molecule has 0 radical (unpaired) electrons. The highest BCUT2D eigenvalue weighted by Crippen LogP contribution is 2.24. The molecule has 0 spiro atoms. The van der Waals surface area contributed by atoms with E-state index in [0.29, 0.717) is 12.1 Å². The topological polar surface area (TPSA) is 55.1 Å². The average molecular weight is 310 g/mol. The summed E-state index contributed by atoms with van der Waals surface area (Å²) in [6, 6.07) is 8.02. The number of nitrogen functional groups attached to an aromatic ring is 1. The van der Waals surface area contributed by atoms with Crippen molar-refractivity contribution in [3.8, 4) is 0 Å². The molecular formula is C14H15FN2OS2. The number of amides is 1. The number of rotatable bonds is 6. The zero-order valence-electron chi connectivity index (χ0n) is 10.8. The SMILES string of the molecule is Nc1cc(F)ccc1NC(=O)CCCSc1cccs1. The van der Waals surface area contributed by atoms with Gasteiger partial charge >= 0.3 is 0 Å². The molecule has 2 aromatic rings. The summed E-state index contributed by atoms with van der Waals surface area (Å²) in [4.78, 5) is 11.7. The van der Waals surface area contributed by atoms with Crippen LogP contribution in [0.1, 0.15) is 12.8 Å². The quantitative estimate of drug-likeness (QED) is 0.482. The highest BCUT2D eigenvalue weighted by Gasteiger charge is 2.06. The van der Waals surface area contributed by atoms with Gasteiger partial charge in [0.15, 0.2) is 0 Å². The number of thiophene rings is 1. The second-order valence-corrected chi connectivity index (χ2v) is 6.51. The van der Waals surface area contributed by atoms with Crippen molar-refractivity contribution in [3.63, 3.8) is 0 Å². The minimum atomic E-state index is -0.409. The Bertz CT molecular complexity index is 573. The van der Waals surface area contributed by atoms with E-state index >= 15 is 0 Å². The Hall–Kier alpha value is -1.53. The number of benzene rings is 1. The molecule has 3 nitrogen and oxygen atoms in total. The maximum Gasteiger partial charge on any atom is 0.224 e. The van der Waals surface area contributed by atoms with Crippen molar-refractivity contribution >= 4 is 40.4 Å². The predicted molar refractivity (Wildman–Crippen MR) is 83.7 cm³/mol. The molecule has 0 atom stereocenters. The number of hydrogen-bond acceptors (Lipinski definition) is 4. The number of carbonyl (C=O) groups excluding carboxylic acids is 1. The summed E-state index contributed by atoms with van der Waals surface area (Å²) < 4.78 is 14.1. The van der Waals surface area contributed by atoms with Crippen LogP contribution in [0.2, 0.25) is 0 Å². The molecule has 0 aliphatic carbocycles. The first-order valence-electron chi connectivity index (χ1n) is 6.16. The van der Waals surface area contributed by atoms with Gasteiger partial charge in [-0.3, -0.25) is 4.79 Å². The van der Waals surface area contributed by atoms with Crippen molar-refractivity contribution in [2.24, 2.45) is 0 Å². The van der Waals surface area contributed by atoms with Gasteiger partial charge in [-0.05, 0) is 41.8 Å². The highest BCUT2D eigenvalue weighted by atomic mass is 32.2. The maximum atomic E-state index is 12.9. The van der Waals surface area contributed by atoms with Gasteiger partial charge in [0.2, 0.25) is 5.91 Å². The van der Waals surface area contributed by atoms with Crippen LogP contribution < -0.4 is 11.1 Å². The fraction of sp³-hybridized carbons (Fsp3) is 0.214. The monoisotopic (exact) mass is 310 g/mol. The summed E-state index contributed by atoms with van der Waals surface area (Å²) in [7, 11) is 0.